The summed E-state index contributed by atoms with van der Waals surface area (Å²) in [6, 6.07) is 13.1. The molecule has 0 aromatic heterocycles. The van der Waals surface area contributed by atoms with E-state index in [1.807, 2.05) is 12.1 Å². The van der Waals surface area contributed by atoms with Crippen molar-refractivity contribution >= 4 is 6.08 Å². The maximum atomic E-state index is 13.2. The zero-order valence-corrected chi connectivity index (χ0v) is 15.6. The van der Waals surface area contributed by atoms with Crippen molar-refractivity contribution in [2.75, 3.05) is 0 Å². The van der Waals surface area contributed by atoms with E-state index in [-0.39, 0.29) is 11.6 Å². The summed E-state index contributed by atoms with van der Waals surface area (Å²) in [6.07, 6.45) is 11.6. The number of hydrogen-bond acceptors (Lipinski definition) is 0. The smallest absolute Gasteiger partial charge is 0.123 e. The van der Waals surface area contributed by atoms with Crippen molar-refractivity contribution in [1.82, 2.24) is 0 Å². The van der Waals surface area contributed by atoms with Gasteiger partial charge in [0.25, 0.3) is 0 Å². The van der Waals surface area contributed by atoms with Gasteiger partial charge in [-0.3, -0.25) is 0 Å². The van der Waals surface area contributed by atoms with Crippen LogP contribution in [0.2, 0.25) is 0 Å². The maximum absolute atomic E-state index is 13.2. The van der Waals surface area contributed by atoms with E-state index < -0.39 is 0 Å². The first kappa shape index (κ1) is 17.4. The van der Waals surface area contributed by atoms with Crippen LogP contribution in [-0.2, 0) is 0 Å². The van der Waals surface area contributed by atoms with Crippen LogP contribution in [0.5, 0.6) is 0 Å². The molecule has 3 aliphatic carbocycles. The molecule has 3 aliphatic rings. The minimum atomic E-state index is -0.231. The second kappa shape index (κ2) is 7.06. The van der Waals surface area contributed by atoms with Crippen molar-refractivity contribution in [1.29, 1.82) is 0 Å². The molecule has 0 radical (unpaired) electrons. The van der Waals surface area contributed by atoms with E-state index >= 15 is 0 Å². The molecule has 0 nitrogen and oxygen atoms in total. The lowest BCUT2D eigenvalue weighted by Gasteiger charge is -2.34. The molecule has 0 saturated heterocycles. The first-order valence-corrected chi connectivity index (χ1v) is 10.1. The highest BCUT2D eigenvalue weighted by Crippen LogP contribution is 2.61. The number of allylic oxidation sites excluding steroid dienone is 3. The monoisotopic (exact) mass is 372 g/mol. The van der Waals surface area contributed by atoms with Gasteiger partial charge in [0.15, 0.2) is 0 Å². The lowest BCUT2D eigenvalue weighted by atomic mass is 9.69. The van der Waals surface area contributed by atoms with Crippen LogP contribution in [0.1, 0.15) is 24.0 Å². The Kier molecular flexibility index (Phi) is 4.40. The molecule has 0 spiro atoms. The standard InChI is InChI=1S/C26H22F2/c27-19-10-4-17(5-11-19)8-14-23-24(15-9-18-6-12-20(28)13-7-18)26-16-25(23)21-2-1-3-22(21)26/h1-2,4-8,10-14,21-26H,3,16H2/b14-8+/t21?,22?,23-,24+,25+,26-/m1/s1. The highest BCUT2D eigenvalue weighted by molar-refractivity contribution is 5.50. The van der Waals surface area contributed by atoms with Gasteiger partial charge in [-0.15, -0.1) is 0 Å². The average molecular weight is 372 g/mol. The van der Waals surface area contributed by atoms with E-state index in [4.69, 9.17) is 0 Å². The fourth-order valence-corrected chi connectivity index (χ4v) is 5.60. The van der Waals surface area contributed by atoms with Gasteiger partial charge in [0.1, 0.15) is 11.6 Å². The lowest BCUT2D eigenvalue weighted by molar-refractivity contribution is 0.199. The highest BCUT2D eigenvalue weighted by Gasteiger charge is 2.56. The van der Waals surface area contributed by atoms with Crippen molar-refractivity contribution in [3.63, 3.8) is 0 Å². The SMILES string of the molecule is Fc1ccc(C#C[C@H]2[C@@H](/C=C/c3ccc(F)cc3)[C@H]3C[C@@H]2C2CC=CC23)cc1. The molecule has 28 heavy (non-hydrogen) atoms. The Bertz CT molecular complexity index is 972. The molecule has 2 aromatic rings. The zero-order chi connectivity index (χ0) is 19.1. The molecule has 2 unspecified atom stereocenters. The third-order valence-electron chi connectivity index (χ3n) is 6.83. The summed E-state index contributed by atoms with van der Waals surface area (Å²) in [6.45, 7) is 0. The fraction of sp³-hybridized carbons (Fsp3) is 0.308. The molecule has 0 heterocycles. The molecule has 2 heteroatoms. The Morgan fingerprint density at radius 2 is 1.57 bits per heavy atom. The summed E-state index contributed by atoms with van der Waals surface area (Å²) in [7, 11) is 0. The Hall–Kier alpha value is -2.66. The van der Waals surface area contributed by atoms with Crippen LogP contribution >= 0.6 is 0 Å². The number of benzene rings is 2. The average Bonchev–Trinajstić information content (AvgIpc) is 3.39. The predicted molar refractivity (Wildman–Crippen MR) is 108 cm³/mol. The Balaban J connectivity index is 1.43. The molecular formula is C26H22F2. The van der Waals surface area contributed by atoms with Crippen LogP contribution in [0.15, 0.2) is 66.8 Å². The van der Waals surface area contributed by atoms with Gasteiger partial charge in [-0.05, 0) is 84.4 Å². The van der Waals surface area contributed by atoms with Gasteiger partial charge < -0.3 is 0 Å². The van der Waals surface area contributed by atoms with Gasteiger partial charge >= 0.3 is 0 Å². The zero-order valence-electron chi connectivity index (χ0n) is 15.6. The molecule has 6 atom stereocenters. The first-order chi connectivity index (χ1) is 13.7. The van der Waals surface area contributed by atoms with E-state index in [1.165, 1.54) is 37.1 Å². The van der Waals surface area contributed by atoms with E-state index in [0.717, 1.165) is 17.0 Å². The molecule has 2 aromatic carbocycles. The molecule has 140 valence electrons. The van der Waals surface area contributed by atoms with E-state index in [9.17, 15) is 8.78 Å². The van der Waals surface area contributed by atoms with Crippen LogP contribution in [0.4, 0.5) is 8.78 Å². The van der Waals surface area contributed by atoms with Crippen LogP contribution in [0.3, 0.4) is 0 Å². The quantitative estimate of drug-likeness (QED) is 0.441. The van der Waals surface area contributed by atoms with Crippen molar-refractivity contribution in [2.24, 2.45) is 35.5 Å². The number of fused-ring (bicyclic) bond motifs is 5. The van der Waals surface area contributed by atoms with E-state index in [0.29, 0.717) is 29.6 Å². The molecule has 0 aliphatic heterocycles. The highest BCUT2D eigenvalue weighted by atomic mass is 19.1. The van der Waals surface area contributed by atoms with E-state index in [2.05, 4.69) is 36.1 Å². The Morgan fingerprint density at radius 1 is 0.857 bits per heavy atom. The van der Waals surface area contributed by atoms with Crippen LogP contribution in [0.25, 0.3) is 6.08 Å². The first-order valence-electron chi connectivity index (χ1n) is 10.1. The van der Waals surface area contributed by atoms with Crippen LogP contribution in [0, 0.1) is 59.0 Å². The molecule has 5 rings (SSSR count). The second-order valence-electron chi connectivity index (χ2n) is 8.26. The topological polar surface area (TPSA) is 0 Å². The number of hydrogen-bond donors (Lipinski definition) is 0. The summed E-state index contributed by atoms with van der Waals surface area (Å²) < 4.78 is 26.3. The minimum absolute atomic E-state index is 0.209. The van der Waals surface area contributed by atoms with Gasteiger partial charge in [-0.25, -0.2) is 8.78 Å². The summed E-state index contributed by atoms with van der Waals surface area (Å²) in [4.78, 5) is 0. The molecule has 2 saturated carbocycles. The third kappa shape index (κ3) is 3.10. The Labute approximate surface area is 165 Å². The van der Waals surface area contributed by atoms with Crippen molar-refractivity contribution in [3.8, 4) is 11.8 Å². The number of halogens is 2. The Morgan fingerprint density at radius 3 is 2.32 bits per heavy atom. The molecule has 2 fully saturated rings. The molecule has 2 bridgehead atoms. The molecule has 0 amide bonds. The van der Waals surface area contributed by atoms with Crippen LogP contribution in [-0.4, -0.2) is 0 Å². The third-order valence-corrected chi connectivity index (χ3v) is 6.83. The van der Waals surface area contributed by atoms with Gasteiger partial charge in [-0.1, -0.05) is 48.3 Å². The largest absolute Gasteiger partial charge is 0.207 e. The lowest BCUT2D eigenvalue weighted by Crippen LogP contribution is -2.30. The molecular weight excluding hydrogens is 350 g/mol. The van der Waals surface area contributed by atoms with Gasteiger partial charge in [0, 0.05) is 11.5 Å². The number of rotatable bonds is 2. The van der Waals surface area contributed by atoms with Crippen LogP contribution < -0.4 is 0 Å². The minimum Gasteiger partial charge on any atom is -0.207 e. The van der Waals surface area contributed by atoms with Crippen molar-refractivity contribution in [3.05, 3.63) is 89.5 Å². The van der Waals surface area contributed by atoms with Crippen molar-refractivity contribution < 1.29 is 8.78 Å². The maximum Gasteiger partial charge on any atom is 0.123 e. The van der Waals surface area contributed by atoms with Gasteiger partial charge in [-0.2, -0.15) is 0 Å². The second-order valence-corrected chi connectivity index (χ2v) is 8.26. The van der Waals surface area contributed by atoms with Gasteiger partial charge in [0.2, 0.25) is 0 Å². The van der Waals surface area contributed by atoms with E-state index in [1.54, 1.807) is 12.1 Å². The molecule has 0 N–H and O–H groups in total. The fourth-order valence-electron chi connectivity index (χ4n) is 5.60. The van der Waals surface area contributed by atoms with Gasteiger partial charge in [0.05, 0.1) is 0 Å². The summed E-state index contributed by atoms with van der Waals surface area (Å²) >= 11 is 0. The summed E-state index contributed by atoms with van der Waals surface area (Å²) in [5.74, 6) is 9.80. The van der Waals surface area contributed by atoms with Crippen molar-refractivity contribution in [2.45, 2.75) is 12.8 Å². The summed E-state index contributed by atoms with van der Waals surface area (Å²) in [5, 5.41) is 0. The predicted octanol–water partition coefficient (Wildman–Crippen LogP) is 6.10. The normalized spacial score (nSPS) is 32.5. The summed E-state index contributed by atoms with van der Waals surface area (Å²) in [5.41, 5.74) is 1.89.